The van der Waals surface area contributed by atoms with Gasteiger partial charge in [-0.05, 0) is 23.3 Å². The lowest BCUT2D eigenvalue weighted by molar-refractivity contribution is 1.43. The highest BCUT2D eigenvalue weighted by atomic mass is 14.8. The lowest BCUT2D eigenvalue weighted by atomic mass is 9.97. The minimum Gasteiger partial charge on any atom is -0.388 e. The smallest absolute Gasteiger partial charge is 0.0705 e. The number of benzene rings is 3. The van der Waals surface area contributed by atoms with E-state index in [1.54, 1.807) is 0 Å². The summed E-state index contributed by atoms with van der Waals surface area (Å²) in [5.74, 6) is 0. The van der Waals surface area contributed by atoms with Gasteiger partial charge in [-0.1, -0.05) is 66.7 Å². The van der Waals surface area contributed by atoms with Gasteiger partial charge in [0.15, 0.2) is 0 Å². The number of hydrogen-bond acceptors (Lipinski definition) is 2. The topological polar surface area (TPSA) is 35.9 Å². The quantitative estimate of drug-likeness (QED) is 0.663. The summed E-state index contributed by atoms with van der Waals surface area (Å²) in [4.78, 5) is 0. The molecule has 3 aromatic carbocycles. The van der Waals surface area contributed by atoms with E-state index in [-0.39, 0.29) is 0 Å². The molecule has 2 N–H and O–H groups in total. The summed E-state index contributed by atoms with van der Waals surface area (Å²) in [5.41, 5.74) is 5.63. The summed E-state index contributed by atoms with van der Waals surface area (Å²) in [7, 11) is 1.88. The van der Waals surface area contributed by atoms with Crippen molar-refractivity contribution >= 4 is 11.4 Å². The van der Waals surface area contributed by atoms with Crippen LogP contribution < -0.4 is 5.32 Å². The first-order valence-corrected chi connectivity index (χ1v) is 7.31. The Morgan fingerprint density at radius 2 is 1.45 bits per heavy atom. The summed E-state index contributed by atoms with van der Waals surface area (Å²) in [5, 5.41) is 11.7. The maximum Gasteiger partial charge on any atom is 0.0705 e. The number of anilines is 1. The van der Waals surface area contributed by atoms with Crippen LogP contribution in [0.25, 0.3) is 11.1 Å². The number of nitrogens with one attached hydrogen (secondary N) is 2. The zero-order valence-electron chi connectivity index (χ0n) is 12.5. The molecule has 0 aliphatic rings. The van der Waals surface area contributed by atoms with E-state index < -0.39 is 0 Å². The molecule has 3 rings (SSSR count). The fourth-order valence-corrected chi connectivity index (χ4v) is 2.56. The minimum absolute atomic E-state index is 0.530. The molecule has 0 fully saturated rings. The molecule has 0 aliphatic heterocycles. The summed E-state index contributed by atoms with van der Waals surface area (Å²) in [6.45, 7) is 0. The Morgan fingerprint density at radius 3 is 2.23 bits per heavy atom. The van der Waals surface area contributed by atoms with Crippen LogP contribution in [0.3, 0.4) is 0 Å². The van der Waals surface area contributed by atoms with E-state index in [2.05, 4.69) is 29.6 Å². The summed E-state index contributed by atoms with van der Waals surface area (Å²) >= 11 is 0. The predicted molar refractivity (Wildman–Crippen MR) is 93.8 cm³/mol. The molecule has 0 bridgehead atoms. The van der Waals surface area contributed by atoms with Crippen LogP contribution in [0.2, 0.25) is 0 Å². The van der Waals surface area contributed by atoms with Crippen LogP contribution in [0.1, 0.15) is 11.1 Å². The molecule has 2 nitrogen and oxygen atoms in total. The van der Waals surface area contributed by atoms with Gasteiger partial charge < -0.3 is 5.32 Å². The normalized spacial score (nSPS) is 10.2. The zero-order chi connectivity index (χ0) is 15.4. The highest BCUT2D eigenvalue weighted by Crippen LogP contribution is 2.23. The SMILES string of the molecule is CNc1ccccc1C(=N)c1cccc(-c2ccccc2)c1. The summed E-state index contributed by atoms with van der Waals surface area (Å²) in [6, 6.07) is 26.3. The van der Waals surface area contributed by atoms with E-state index in [9.17, 15) is 0 Å². The second-order valence-electron chi connectivity index (χ2n) is 5.12. The Balaban J connectivity index is 2.01. The van der Waals surface area contributed by atoms with Gasteiger partial charge >= 0.3 is 0 Å². The third-order valence-electron chi connectivity index (χ3n) is 3.72. The van der Waals surface area contributed by atoms with Crippen LogP contribution in [0, 0.1) is 5.41 Å². The fraction of sp³-hybridized carbons (Fsp3) is 0.0500. The second-order valence-corrected chi connectivity index (χ2v) is 5.12. The molecule has 0 saturated heterocycles. The highest BCUT2D eigenvalue weighted by Gasteiger charge is 2.09. The van der Waals surface area contributed by atoms with Crippen LogP contribution in [0.4, 0.5) is 5.69 Å². The van der Waals surface area contributed by atoms with Gasteiger partial charge in [0.2, 0.25) is 0 Å². The van der Waals surface area contributed by atoms with Gasteiger partial charge in [-0.3, -0.25) is 5.41 Å². The molecule has 0 aliphatic carbocycles. The average molecular weight is 286 g/mol. The van der Waals surface area contributed by atoms with Gasteiger partial charge in [0.1, 0.15) is 0 Å². The molecule has 0 atom stereocenters. The van der Waals surface area contributed by atoms with Gasteiger partial charge in [-0.2, -0.15) is 0 Å². The molecular weight excluding hydrogens is 268 g/mol. The minimum atomic E-state index is 0.530. The standard InChI is InChI=1S/C20H18N2/c1-22-19-13-6-5-12-18(19)20(21)17-11-7-10-16(14-17)15-8-3-2-4-9-15/h2-14,21-22H,1H3. The van der Waals surface area contributed by atoms with Crippen LogP contribution in [0.15, 0.2) is 78.9 Å². The molecule has 2 heteroatoms. The fourth-order valence-electron chi connectivity index (χ4n) is 2.56. The van der Waals surface area contributed by atoms with E-state index in [4.69, 9.17) is 5.41 Å². The van der Waals surface area contributed by atoms with Crippen LogP contribution >= 0.6 is 0 Å². The van der Waals surface area contributed by atoms with Crippen molar-refractivity contribution in [3.05, 3.63) is 90.0 Å². The van der Waals surface area contributed by atoms with Gasteiger partial charge in [0.25, 0.3) is 0 Å². The van der Waals surface area contributed by atoms with Crippen molar-refractivity contribution in [2.24, 2.45) is 0 Å². The summed E-state index contributed by atoms with van der Waals surface area (Å²) in [6.07, 6.45) is 0. The third kappa shape index (κ3) is 2.77. The van der Waals surface area contributed by atoms with Gasteiger partial charge in [-0.15, -0.1) is 0 Å². The van der Waals surface area contributed by atoms with E-state index in [0.29, 0.717) is 5.71 Å². The zero-order valence-corrected chi connectivity index (χ0v) is 12.5. The lowest BCUT2D eigenvalue weighted by Crippen LogP contribution is -2.05. The molecule has 108 valence electrons. The number of rotatable bonds is 4. The Morgan fingerprint density at radius 1 is 0.773 bits per heavy atom. The van der Waals surface area contributed by atoms with E-state index in [1.165, 1.54) is 5.56 Å². The Hall–Kier alpha value is -2.87. The maximum absolute atomic E-state index is 8.53. The van der Waals surface area contributed by atoms with Crippen molar-refractivity contribution in [1.29, 1.82) is 5.41 Å². The molecule has 0 amide bonds. The number of hydrogen-bond donors (Lipinski definition) is 2. The van der Waals surface area contributed by atoms with Crippen LogP contribution in [-0.2, 0) is 0 Å². The van der Waals surface area contributed by atoms with Gasteiger partial charge in [-0.25, -0.2) is 0 Å². The first-order valence-electron chi connectivity index (χ1n) is 7.31. The van der Waals surface area contributed by atoms with Gasteiger partial charge in [0.05, 0.1) is 5.71 Å². The molecular formula is C20H18N2. The monoisotopic (exact) mass is 286 g/mol. The molecule has 0 unspecified atom stereocenters. The van der Waals surface area contributed by atoms with Crippen molar-refractivity contribution < 1.29 is 0 Å². The average Bonchev–Trinajstić information content (AvgIpc) is 2.62. The van der Waals surface area contributed by atoms with Crippen molar-refractivity contribution in [3.8, 4) is 11.1 Å². The molecule has 0 spiro atoms. The van der Waals surface area contributed by atoms with Crippen LogP contribution in [-0.4, -0.2) is 12.8 Å². The first-order chi connectivity index (χ1) is 10.8. The molecule has 0 saturated carbocycles. The molecule has 0 radical (unpaired) electrons. The highest BCUT2D eigenvalue weighted by molar-refractivity contribution is 6.14. The van der Waals surface area contributed by atoms with Gasteiger partial charge in [0, 0.05) is 23.9 Å². The van der Waals surface area contributed by atoms with E-state index in [0.717, 1.165) is 22.4 Å². The third-order valence-corrected chi connectivity index (χ3v) is 3.72. The van der Waals surface area contributed by atoms with Crippen molar-refractivity contribution in [2.75, 3.05) is 12.4 Å². The Kier molecular flexibility index (Phi) is 4.01. The summed E-state index contributed by atoms with van der Waals surface area (Å²) < 4.78 is 0. The maximum atomic E-state index is 8.53. The lowest BCUT2D eigenvalue weighted by Gasteiger charge is -2.11. The molecule has 0 aromatic heterocycles. The molecule has 3 aromatic rings. The van der Waals surface area contributed by atoms with E-state index in [1.807, 2.05) is 61.6 Å². The van der Waals surface area contributed by atoms with Crippen molar-refractivity contribution in [1.82, 2.24) is 0 Å². The predicted octanol–water partition coefficient (Wildman–Crippen LogP) is 4.81. The first kappa shape index (κ1) is 14.1. The Labute approximate surface area is 131 Å². The second kappa shape index (κ2) is 6.27. The van der Waals surface area contributed by atoms with Crippen molar-refractivity contribution in [2.45, 2.75) is 0 Å². The Bertz CT molecular complexity index is 792. The molecule has 0 heterocycles. The van der Waals surface area contributed by atoms with Crippen molar-refractivity contribution in [3.63, 3.8) is 0 Å². The molecule has 22 heavy (non-hydrogen) atoms. The number of para-hydroxylation sites is 1. The largest absolute Gasteiger partial charge is 0.388 e. The van der Waals surface area contributed by atoms with E-state index >= 15 is 0 Å². The van der Waals surface area contributed by atoms with Crippen LogP contribution in [0.5, 0.6) is 0 Å².